The van der Waals surface area contributed by atoms with Gasteiger partial charge in [0.15, 0.2) is 0 Å². The third-order valence-electron chi connectivity index (χ3n) is 3.58. The van der Waals surface area contributed by atoms with Crippen molar-refractivity contribution < 1.29 is 4.79 Å². The highest BCUT2D eigenvalue weighted by molar-refractivity contribution is 9.10. The van der Waals surface area contributed by atoms with Gasteiger partial charge in [-0.25, -0.2) is 0 Å². The van der Waals surface area contributed by atoms with Gasteiger partial charge in [-0.2, -0.15) is 0 Å². The van der Waals surface area contributed by atoms with E-state index in [1.807, 2.05) is 23.1 Å². The Bertz CT molecular complexity index is 483. The molecule has 3 rings (SSSR count). The van der Waals surface area contributed by atoms with Crippen LogP contribution in [0.5, 0.6) is 0 Å². The van der Waals surface area contributed by atoms with E-state index in [1.54, 1.807) is 0 Å². The molecule has 0 atom stereocenters. The van der Waals surface area contributed by atoms with Gasteiger partial charge in [0.05, 0.1) is 10.6 Å². The Kier molecular flexibility index (Phi) is 3.37. The van der Waals surface area contributed by atoms with Gasteiger partial charge in [-0.15, -0.1) is 0 Å². The van der Waals surface area contributed by atoms with Crippen molar-refractivity contribution in [1.82, 2.24) is 4.90 Å². The number of carbonyl (C=O) groups excluding carboxylic acids is 1. The molecule has 0 aromatic heterocycles. The minimum atomic E-state index is 0.0932. The fourth-order valence-corrected chi connectivity index (χ4v) is 2.76. The van der Waals surface area contributed by atoms with Crippen molar-refractivity contribution in [1.29, 1.82) is 0 Å². The van der Waals surface area contributed by atoms with Gasteiger partial charge in [0.2, 0.25) is 0 Å². The SMILES string of the molecule is O=C(c1cccc(Br)c1Cl)N(CC1CC1)C1CC1. The molecule has 0 aliphatic heterocycles. The fourth-order valence-electron chi connectivity index (χ4n) is 2.19. The largest absolute Gasteiger partial charge is 0.335 e. The van der Waals surface area contributed by atoms with Gasteiger partial charge >= 0.3 is 0 Å². The number of halogens is 2. The van der Waals surface area contributed by atoms with Crippen LogP contribution in [-0.4, -0.2) is 23.4 Å². The first kappa shape index (κ1) is 12.5. The molecule has 2 aliphatic rings. The summed E-state index contributed by atoms with van der Waals surface area (Å²) in [6.07, 6.45) is 4.82. The zero-order chi connectivity index (χ0) is 12.7. The minimum Gasteiger partial charge on any atom is -0.335 e. The van der Waals surface area contributed by atoms with E-state index in [4.69, 9.17) is 11.6 Å². The predicted molar refractivity (Wildman–Crippen MR) is 75.9 cm³/mol. The molecule has 0 spiro atoms. The van der Waals surface area contributed by atoms with Crippen LogP contribution in [0.4, 0.5) is 0 Å². The molecule has 1 aromatic rings. The first-order valence-corrected chi connectivity index (χ1v) is 7.59. The number of hydrogen-bond acceptors (Lipinski definition) is 1. The summed E-state index contributed by atoms with van der Waals surface area (Å²) in [6, 6.07) is 6.00. The Labute approximate surface area is 120 Å². The van der Waals surface area contributed by atoms with Gasteiger partial charge < -0.3 is 4.90 Å². The van der Waals surface area contributed by atoms with Gasteiger partial charge in [0.1, 0.15) is 0 Å². The van der Waals surface area contributed by atoms with Crippen molar-refractivity contribution in [3.63, 3.8) is 0 Å². The summed E-state index contributed by atoms with van der Waals surface area (Å²) in [5, 5.41) is 0.531. The van der Waals surface area contributed by atoms with E-state index in [1.165, 1.54) is 12.8 Å². The number of benzene rings is 1. The van der Waals surface area contributed by atoms with Crippen molar-refractivity contribution in [3.8, 4) is 0 Å². The van der Waals surface area contributed by atoms with Crippen molar-refractivity contribution in [3.05, 3.63) is 33.3 Å². The summed E-state index contributed by atoms with van der Waals surface area (Å²) in [6.45, 7) is 0.909. The minimum absolute atomic E-state index is 0.0932. The van der Waals surface area contributed by atoms with Gasteiger partial charge in [-0.3, -0.25) is 4.79 Å². The van der Waals surface area contributed by atoms with Crippen LogP contribution in [0.1, 0.15) is 36.0 Å². The summed E-state index contributed by atoms with van der Waals surface area (Å²) in [5.41, 5.74) is 0.624. The standard InChI is InChI=1S/C14H15BrClNO/c15-12-3-1-2-11(13(12)16)14(18)17(10-6-7-10)8-9-4-5-9/h1-3,9-10H,4-8H2. The van der Waals surface area contributed by atoms with Crippen LogP contribution in [-0.2, 0) is 0 Å². The molecule has 1 aromatic carbocycles. The molecule has 0 bridgehead atoms. The molecule has 0 N–H and O–H groups in total. The molecule has 96 valence electrons. The van der Waals surface area contributed by atoms with Crippen LogP contribution in [0.25, 0.3) is 0 Å². The molecular formula is C14H15BrClNO. The first-order chi connectivity index (χ1) is 8.66. The molecule has 0 unspecified atom stereocenters. The van der Waals surface area contributed by atoms with Gasteiger partial charge in [-0.05, 0) is 59.7 Å². The van der Waals surface area contributed by atoms with Crippen molar-refractivity contribution in [2.24, 2.45) is 5.92 Å². The monoisotopic (exact) mass is 327 g/mol. The number of amides is 1. The second-order valence-electron chi connectivity index (χ2n) is 5.23. The molecule has 18 heavy (non-hydrogen) atoms. The Balaban J connectivity index is 1.84. The Hall–Kier alpha value is -0.540. The van der Waals surface area contributed by atoms with Crippen LogP contribution >= 0.6 is 27.5 Å². The zero-order valence-corrected chi connectivity index (χ0v) is 12.4. The molecule has 0 saturated heterocycles. The molecular weight excluding hydrogens is 314 g/mol. The van der Waals surface area contributed by atoms with E-state index in [-0.39, 0.29) is 5.91 Å². The summed E-state index contributed by atoms with van der Waals surface area (Å²) in [5.74, 6) is 0.816. The van der Waals surface area contributed by atoms with Crippen molar-refractivity contribution in [2.75, 3.05) is 6.54 Å². The van der Waals surface area contributed by atoms with Crippen LogP contribution < -0.4 is 0 Å². The average Bonchev–Trinajstić information content (AvgIpc) is 3.22. The molecule has 4 heteroatoms. The zero-order valence-electron chi connectivity index (χ0n) is 10.0. The fraction of sp³-hybridized carbons (Fsp3) is 0.500. The second-order valence-corrected chi connectivity index (χ2v) is 6.47. The predicted octanol–water partition coefficient (Wildman–Crippen LogP) is 4.12. The smallest absolute Gasteiger partial charge is 0.255 e. The van der Waals surface area contributed by atoms with E-state index < -0.39 is 0 Å². The molecule has 2 saturated carbocycles. The van der Waals surface area contributed by atoms with Crippen LogP contribution in [0.15, 0.2) is 22.7 Å². The number of hydrogen-bond donors (Lipinski definition) is 0. The summed E-state index contributed by atoms with van der Waals surface area (Å²) >= 11 is 9.59. The molecule has 0 heterocycles. The molecule has 1 amide bonds. The van der Waals surface area contributed by atoms with E-state index in [0.717, 1.165) is 29.8 Å². The van der Waals surface area contributed by atoms with Gasteiger partial charge in [0.25, 0.3) is 5.91 Å². The third-order valence-corrected chi connectivity index (χ3v) is 4.88. The van der Waals surface area contributed by atoms with E-state index in [2.05, 4.69) is 15.9 Å². The average molecular weight is 329 g/mol. The summed E-state index contributed by atoms with van der Waals surface area (Å²) in [4.78, 5) is 14.6. The summed E-state index contributed by atoms with van der Waals surface area (Å²) in [7, 11) is 0. The topological polar surface area (TPSA) is 20.3 Å². The third kappa shape index (κ3) is 2.57. The molecule has 0 radical (unpaired) electrons. The van der Waals surface area contributed by atoms with Crippen molar-refractivity contribution in [2.45, 2.75) is 31.7 Å². The second kappa shape index (κ2) is 4.86. The van der Waals surface area contributed by atoms with E-state index in [9.17, 15) is 4.79 Å². The Morgan fingerprint density at radius 1 is 1.33 bits per heavy atom. The van der Waals surface area contributed by atoms with Crippen LogP contribution in [0, 0.1) is 5.92 Å². The lowest BCUT2D eigenvalue weighted by atomic mass is 10.2. The maximum absolute atomic E-state index is 12.6. The lowest BCUT2D eigenvalue weighted by molar-refractivity contribution is 0.0735. The first-order valence-electron chi connectivity index (χ1n) is 6.42. The molecule has 2 nitrogen and oxygen atoms in total. The lowest BCUT2D eigenvalue weighted by Gasteiger charge is -2.23. The number of nitrogens with zero attached hydrogens (tertiary/aromatic N) is 1. The van der Waals surface area contributed by atoms with E-state index in [0.29, 0.717) is 16.6 Å². The van der Waals surface area contributed by atoms with Crippen LogP contribution in [0.3, 0.4) is 0 Å². The maximum Gasteiger partial charge on any atom is 0.255 e. The number of carbonyl (C=O) groups is 1. The molecule has 2 aliphatic carbocycles. The highest BCUT2D eigenvalue weighted by atomic mass is 79.9. The highest BCUT2D eigenvalue weighted by Crippen LogP contribution is 2.37. The van der Waals surface area contributed by atoms with Crippen LogP contribution in [0.2, 0.25) is 5.02 Å². The van der Waals surface area contributed by atoms with Gasteiger partial charge in [-0.1, -0.05) is 17.7 Å². The maximum atomic E-state index is 12.6. The number of rotatable bonds is 4. The Morgan fingerprint density at radius 2 is 2.06 bits per heavy atom. The quantitative estimate of drug-likeness (QED) is 0.814. The molecule has 2 fully saturated rings. The lowest BCUT2D eigenvalue weighted by Crippen LogP contribution is -2.35. The Morgan fingerprint density at radius 3 is 2.67 bits per heavy atom. The van der Waals surface area contributed by atoms with E-state index >= 15 is 0 Å². The van der Waals surface area contributed by atoms with Crippen molar-refractivity contribution >= 4 is 33.4 Å². The normalized spacial score (nSPS) is 18.8. The summed E-state index contributed by atoms with van der Waals surface area (Å²) < 4.78 is 0.789. The van der Waals surface area contributed by atoms with Gasteiger partial charge in [0, 0.05) is 17.1 Å². The highest BCUT2D eigenvalue weighted by Gasteiger charge is 2.37.